The first-order chi connectivity index (χ1) is 15.5. The fraction of sp³-hybridized carbons (Fsp3) is 0.400. The number of piperazine rings is 1. The van der Waals surface area contributed by atoms with E-state index in [1.165, 1.54) is 5.56 Å². The van der Waals surface area contributed by atoms with Crippen molar-refractivity contribution in [1.82, 2.24) is 20.0 Å². The first-order valence-electron chi connectivity index (χ1n) is 11.3. The monoisotopic (exact) mass is 433 g/mol. The second kappa shape index (κ2) is 10.1. The maximum Gasteiger partial charge on any atom is 0.247 e. The van der Waals surface area contributed by atoms with Crippen LogP contribution in [-0.4, -0.2) is 58.6 Å². The van der Waals surface area contributed by atoms with Gasteiger partial charge in [-0.15, -0.1) is 10.2 Å². The molecule has 1 aliphatic heterocycles. The van der Waals surface area contributed by atoms with Gasteiger partial charge in [0.2, 0.25) is 17.7 Å². The Morgan fingerprint density at radius 2 is 1.78 bits per heavy atom. The van der Waals surface area contributed by atoms with Crippen molar-refractivity contribution >= 4 is 11.6 Å². The Bertz CT molecular complexity index is 1040. The summed E-state index contributed by atoms with van der Waals surface area (Å²) in [4.78, 5) is 17.1. The van der Waals surface area contributed by atoms with Crippen molar-refractivity contribution in [1.29, 1.82) is 0 Å². The summed E-state index contributed by atoms with van der Waals surface area (Å²) in [7, 11) is 0. The van der Waals surface area contributed by atoms with E-state index in [0.29, 0.717) is 18.3 Å². The summed E-state index contributed by atoms with van der Waals surface area (Å²) in [6, 6.07) is 16.1. The maximum atomic E-state index is 12.5. The van der Waals surface area contributed by atoms with E-state index in [1.54, 1.807) is 0 Å². The molecule has 3 aromatic rings. The van der Waals surface area contributed by atoms with Crippen LogP contribution in [0.25, 0.3) is 11.5 Å². The summed E-state index contributed by atoms with van der Waals surface area (Å²) < 4.78 is 5.96. The molecule has 32 heavy (non-hydrogen) atoms. The molecule has 0 spiro atoms. The minimum atomic E-state index is 0.0343. The Morgan fingerprint density at radius 1 is 1.06 bits per heavy atom. The van der Waals surface area contributed by atoms with Crippen LogP contribution in [0.3, 0.4) is 0 Å². The van der Waals surface area contributed by atoms with E-state index in [-0.39, 0.29) is 11.9 Å². The number of anilines is 1. The van der Waals surface area contributed by atoms with Crippen LogP contribution in [0.2, 0.25) is 0 Å². The van der Waals surface area contributed by atoms with Crippen LogP contribution in [-0.2, 0) is 11.2 Å². The van der Waals surface area contributed by atoms with Gasteiger partial charge in [0.15, 0.2) is 0 Å². The van der Waals surface area contributed by atoms with E-state index in [4.69, 9.17) is 4.42 Å². The summed E-state index contributed by atoms with van der Waals surface area (Å²) in [5, 5.41) is 11.6. The topological polar surface area (TPSA) is 74.5 Å². The molecule has 0 radical (unpaired) electrons. The lowest BCUT2D eigenvalue weighted by atomic mass is 10.1. The molecular formula is C25H31N5O2. The number of hydrogen-bond donors (Lipinski definition) is 1. The molecule has 1 atom stereocenters. The molecule has 7 nitrogen and oxygen atoms in total. The van der Waals surface area contributed by atoms with Gasteiger partial charge in [-0.2, -0.15) is 0 Å². The zero-order valence-electron chi connectivity index (χ0n) is 19.0. The van der Waals surface area contributed by atoms with Gasteiger partial charge in [0, 0.05) is 37.4 Å². The fourth-order valence-electron chi connectivity index (χ4n) is 4.02. The molecule has 2 heterocycles. The molecule has 7 heteroatoms. The quantitative estimate of drug-likeness (QED) is 0.609. The molecular weight excluding hydrogens is 402 g/mol. The molecule has 0 aliphatic carbocycles. The van der Waals surface area contributed by atoms with E-state index in [9.17, 15) is 4.79 Å². The minimum absolute atomic E-state index is 0.0343. The van der Waals surface area contributed by atoms with E-state index in [0.717, 1.165) is 49.4 Å². The largest absolute Gasteiger partial charge is 0.419 e. The summed E-state index contributed by atoms with van der Waals surface area (Å²) in [6.45, 7) is 9.99. The van der Waals surface area contributed by atoms with Crippen molar-refractivity contribution in [3.63, 3.8) is 0 Å². The Hall–Kier alpha value is -3.03. The van der Waals surface area contributed by atoms with Crippen molar-refractivity contribution in [3.8, 4) is 11.5 Å². The van der Waals surface area contributed by atoms with Gasteiger partial charge in [0.25, 0.3) is 0 Å². The van der Waals surface area contributed by atoms with E-state index >= 15 is 0 Å². The van der Waals surface area contributed by atoms with Crippen LogP contribution in [0.15, 0.2) is 52.9 Å². The highest BCUT2D eigenvalue weighted by molar-refractivity contribution is 5.93. The number of carbonyl (C=O) groups is 1. The van der Waals surface area contributed by atoms with Crippen molar-refractivity contribution in [3.05, 3.63) is 65.5 Å². The van der Waals surface area contributed by atoms with Gasteiger partial charge in [-0.3, -0.25) is 14.6 Å². The normalized spacial score (nSPS) is 16.1. The number of aryl methyl sites for hydroxylation is 2. The maximum absolute atomic E-state index is 12.5. The standard InChI is InChI=1S/C25H31N5O2/c1-4-20-7-5-6-8-22(20)26-23(31)17-29-13-15-30(16-14-29)19(3)24-27-28-25(32-24)21-11-9-18(2)10-12-21/h5-12,19H,4,13-17H2,1-3H3,(H,26,31). The van der Waals surface area contributed by atoms with Gasteiger partial charge in [-0.1, -0.05) is 42.8 Å². The second-order valence-electron chi connectivity index (χ2n) is 8.36. The summed E-state index contributed by atoms with van der Waals surface area (Å²) in [5.74, 6) is 1.21. The van der Waals surface area contributed by atoms with Crippen LogP contribution < -0.4 is 5.32 Å². The number of amides is 1. The number of nitrogens with one attached hydrogen (secondary N) is 1. The molecule has 0 saturated carbocycles. The van der Waals surface area contributed by atoms with Crippen molar-refractivity contribution in [2.75, 3.05) is 38.0 Å². The number of para-hydroxylation sites is 1. The van der Waals surface area contributed by atoms with Crippen molar-refractivity contribution < 1.29 is 9.21 Å². The molecule has 1 saturated heterocycles. The van der Waals surface area contributed by atoms with E-state index in [1.807, 2.05) is 42.5 Å². The number of rotatable bonds is 7. The van der Waals surface area contributed by atoms with Gasteiger partial charge in [-0.25, -0.2) is 0 Å². The zero-order chi connectivity index (χ0) is 22.5. The molecule has 1 N–H and O–H groups in total. The molecule has 168 valence electrons. The molecule has 1 amide bonds. The molecule has 0 bridgehead atoms. The SMILES string of the molecule is CCc1ccccc1NC(=O)CN1CCN(C(C)c2nnc(-c3ccc(C)cc3)o2)CC1. The minimum Gasteiger partial charge on any atom is -0.419 e. The van der Waals surface area contributed by atoms with Crippen LogP contribution in [0, 0.1) is 6.92 Å². The third-order valence-corrected chi connectivity index (χ3v) is 6.09. The molecule has 4 rings (SSSR count). The summed E-state index contributed by atoms with van der Waals surface area (Å²) >= 11 is 0. The number of benzene rings is 2. The highest BCUT2D eigenvalue weighted by Crippen LogP contribution is 2.25. The molecule has 1 fully saturated rings. The van der Waals surface area contributed by atoms with Crippen molar-refractivity contribution in [2.45, 2.75) is 33.2 Å². The lowest BCUT2D eigenvalue weighted by Gasteiger charge is -2.36. The average Bonchev–Trinajstić information content (AvgIpc) is 3.30. The predicted octanol–water partition coefficient (Wildman–Crippen LogP) is 3.92. The Balaban J connectivity index is 1.29. The third kappa shape index (κ3) is 5.23. The number of nitrogens with zero attached hydrogens (tertiary/aromatic N) is 4. The Morgan fingerprint density at radius 3 is 2.50 bits per heavy atom. The number of carbonyl (C=O) groups excluding carboxylic acids is 1. The van der Waals surface area contributed by atoms with Gasteiger partial charge in [0.1, 0.15) is 0 Å². The first kappa shape index (κ1) is 22.2. The Kier molecular flexibility index (Phi) is 6.97. The molecule has 1 aliphatic rings. The Labute approximate surface area is 189 Å². The van der Waals surface area contributed by atoms with Crippen LogP contribution in [0.4, 0.5) is 5.69 Å². The summed E-state index contributed by atoms with van der Waals surface area (Å²) in [6.07, 6.45) is 0.897. The van der Waals surface area contributed by atoms with Crippen LogP contribution >= 0.6 is 0 Å². The van der Waals surface area contributed by atoms with E-state index in [2.05, 4.69) is 52.2 Å². The van der Waals surface area contributed by atoms with Crippen molar-refractivity contribution in [2.24, 2.45) is 0 Å². The lowest BCUT2D eigenvalue weighted by molar-refractivity contribution is -0.117. The fourth-order valence-corrected chi connectivity index (χ4v) is 4.02. The summed E-state index contributed by atoms with van der Waals surface area (Å²) in [5.41, 5.74) is 4.20. The van der Waals surface area contributed by atoms with Gasteiger partial charge >= 0.3 is 0 Å². The third-order valence-electron chi connectivity index (χ3n) is 6.09. The second-order valence-corrected chi connectivity index (χ2v) is 8.36. The van der Waals surface area contributed by atoms with Crippen LogP contribution in [0.1, 0.15) is 36.9 Å². The van der Waals surface area contributed by atoms with Gasteiger partial charge in [0.05, 0.1) is 12.6 Å². The smallest absolute Gasteiger partial charge is 0.247 e. The van der Waals surface area contributed by atoms with Crippen LogP contribution in [0.5, 0.6) is 0 Å². The number of aromatic nitrogens is 2. The van der Waals surface area contributed by atoms with Gasteiger partial charge < -0.3 is 9.73 Å². The lowest BCUT2D eigenvalue weighted by Crippen LogP contribution is -2.49. The predicted molar refractivity (Wildman–Crippen MR) is 125 cm³/mol. The number of hydrogen-bond acceptors (Lipinski definition) is 6. The van der Waals surface area contributed by atoms with Gasteiger partial charge in [-0.05, 0) is 44.0 Å². The molecule has 1 unspecified atom stereocenters. The molecule has 1 aromatic heterocycles. The highest BCUT2D eigenvalue weighted by atomic mass is 16.4. The highest BCUT2D eigenvalue weighted by Gasteiger charge is 2.26. The molecule has 2 aromatic carbocycles. The first-order valence-corrected chi connectivity index (χ1v) is 11.3. The van der Waals surface area contributed by atoms with E-state index < -0.39 is 0 Å². The average molecular weight is 434 g/mol. The zero-order valence-corrected chi connectivity index (χ0v) is 19.0.